The summed E-state index contributed by atoms with van der Waals surface area (Å²) in [6.07, 6.45) is 4.11. The molecule has 1 atom stereocenters. The number of hydrogen-bond acceptors (Lipinski definition) is 4. The van der Waals surface area contributed by atoms with Crippen molar-refractivity contribution in [3.63, 3.8) is 0 Å². The zero-order chi connectivity index (χ0) is 22.2. The van der Waals surface area contributed by atoms with E-state index in [-0.39, 0.29) is 23.0 Å². The lowest BCUT2D eigenvalue weighted by atomic mass is 10.0. The highest BCUT2D eigenvalue weighted by atomic mass is 32.2. The largest absolute Gasteiger partial charge is 0.345 e. The van der Waals surface area contributed by atoms with Crippen LogP contribution in [0.15, 0.2) is 41.4 Å². The minimum atomic E-state index is -3.65. The van der Waals surface area contributed by atoms with Gasteiger partial charge in [-0.2, -0.15) is 4.31 Å². The quantitative estimate of drug-likeness (QED) is 0.761. The minimum Gasteiger partial charge on any atom is -0.345 e. The van der Waals surface area contributed by atoms with Crippen LogP contribution in [0.1, 0.15) is 35.8 Å². The SMILES string of the molecule is CC1CCCN(S(=O)(=O)c2cc(C(=O)NCC(=O)N3CCc4ccccc43)n(C)c2)C1. The van der Waals surface area contributed by atoms with Crippen molar-refractivity contribution in [1.29, 1.82) is 0 Å². The van der Waals surface area contributed by atoms with Gasteiger partial charge >= 0.3 is 0 Å². The maximum absolute atomic E-state index is 13.0. The van der Waals surface area contributed by atoms with E-state index in [2.05, 4.69) is 5.32 Å². The second-order valence-electron chi connectivity index (χ2n) is 8.39. The number of sulfonamides is 1. The van der Waals surface area contributed by atoms with Gasteiger partial charge in [-0.15, -0.1) is 0 Å². The van der Waals surface area contributed by atoms with E-state index in [0.29, 0.717) is 25.6 Å². The number of hydrogen-bond donors (Lipinski definition) is 1. The van der Waals surface area contributed by atoms with E-state index < -0.39 is 15.9 Å². The van der Waals surface area contributed by atoms with Gasteiger partial charge in [-0.1, -0.05) is 25.1 Å². The summed E-state index contributed by atoms with van der Waals surface area (Å²) in [6.45, 7) is 3.47. The van der Waals surface area contributed by atoms with Crippen LogP contribution in [0.25, 0.3) is 0 Å². The number of piperidine rings is 1. The molecule has 0 radical (unpaired) electrons. The Kier molecular flexibility index (Phi) is 5.90. The van der Waals surface area contributed by atoms with Crippen molar-refractivity contribution in [2.45, 2.75) is 31.1 Å². The third-order valence-electron chi connectivity index (χ3n) is 6.06. The first-order chi connectivity index (χ1) is 14.8. The summed E-state index contributed by atoms with van der Waals surface area (Å²) in [5.74, 6) is -0.351. The minimum absolute atomic E-state index is 0.106. The Hall–Kier alpha value is -2.65. The second-order valence-corrected chi connectivity index (χ2v) is 10.3. The van der Waals surface area contributed by atoms with Crippen LogP contribution in [0.4, 0.5) is 5.69 Å². The first-order valence-corrected chi connectivity index (χ1v) is 12.0. The average Bonchev–Trinajstić information content (AvgIpc) is 3.36. The molecule has 31 heavy (non-hydrogen) atoms. The average molecular weight is 445 g/mol. The van der Waals surface area contributed by atoms with Crippen LogP contribution < -0.4 is 10.2 Å². The normalized spacial score (nSPS) is 19.3. The summed E-state index contributed by atoms with van der Waals surface area (Å²) < 4.78 is 29.0. The molecule has 1 saturated heterocycles. The van der Waals surface area contributed by atoms with Crippen molar-refractivity contribution >= 4 is 27.5 Å². The van der Waals surface area contributed by atoms with Gasteiger partial charge in [-0.25, -0.2) is 8.42 Å². The highest BCUT2D eigenvalue weighted by Gasteiger charge is 2.31. The van der Waals surface area contributed by atoms with E-state index >= 15 is 0 Å². The van der Waals surface area contributed by atoms with Crippen LogP contribution in [0.3, 0.4) is 0 Å². The number of carbonyl (C=O) groups is 2. The fourth-order valence-electron chi connectivity index (χ4n) is 4.35. The standard InChI is InChI=1S/C22H28N4O4S/c1-16-6-5-10-25(14-16)31(29,30)18-12-20(24(2)15-18)22(28)23-13-21(27)26-11-9-17-7-3-4-8-19(17)26/h3-4,7-8,12,15-16H,5-6,9-11,13-14H2,1-2H3,(H,23,28). The van der Waals surface area contributed by atoms with Crippen LogP contribution in [0.5, 0.6) is 0 Å². The maximum atomic E-state index is 13.0. The number of amides is 2. The molecule has 0 saturated carbocycles. The number of rotatable bonds is 5. The first kappa shape index (κ1) is 21.6. The van der Waals surface area contributed by atoms with Gasteiger partial charge in [-0.05, 0) is 42.9 Å². The predicted octanol–water partition coefficient (Wildman–Crippen LogP) is 1.76. The van der Waals surface area contributed by atoms with Crippen molar-refractivity contribution in [1.82, 2.24) is 14.2 Å². The molecule has 1 aromatic heterocycles. The lowest BCUT2D eigenvalue weighted by Crippen LogP contribution is -2.39. The molecule has 1 unspecified atom stereocenters. The monoisotopic (exact) mass is 444 g/mol. The Morgan fingerprint density at radius 1 is 1.19 bits per heavy atom. The number of para-hydroxylation sites is 1. The van der Waals surface area contributed by atoms with Gasteiger partial charge in [0.15, 0.2) is 0 Å². The maximum Gasteiger partial charge on any atom is 0.268 e. The Bertz CT molecular complexity index is 1110. The molecule has 166 valence electrons. The molecule has 2 aliphatic heterocycles. The van der Waals surface area contributed by atoms with E-state index in [0.717, 1.165) is 30.5 Å². The first-order valence-electron chi connectivity index (χ1n) is 10.6. The number of nitrogens with zero attached hydrogens (tertiary/aromatic N) is 3. The fraction of sp³-hybridized carbons (Fsp3) is 0.455. The van der Waals surface area contributed by atoms with Crippen molar-refractivity contribution in [2.75, 3.05) is 31.1 Å². The van der Waals surface area contributed by atoms with Crippen molar-refractivity contribution < 1.29 is 18.0 Å². The number of nitrogens with one attached hydrogen (secondary N) is 1. The molecule has 2 aliphatic rings. The zero-order valence-electron chi connectivity index (χ0n) is 17.9. The highest BCUT2D eigenvalue weighted by molar-refractivity contribution is 7.89. The van der Waals surface area contributed by atoms with Gasteiger partial charge in [0, 0.05) is 38.6 Å². The van der Waals surface area contributed by atoms with Crippen LogP contribution in [-0.2, 0) is 28.3 Å². The molecule has 2 amide bonds. The molecule has 1 fully saturated rings. The molecule has 9 heteroatoms. The number of benzene rings is 1. The molecule has 8 nitrogen and oxygen atoms in total. The molecular formula is C22H28N4O4S. The van der Waals surface area contributed by atoms with Gasteiger partial charge in [0.2, 0.25) is 15.9 Å². The van der Waals surface area contributed by atoms with Crippen molar-refractivity contribution in [3.8, 4) is 0 Å². The molecule has 1 N–H and O–H groups in total. The van der Waals surface area contributed by atoms with Gasteiger partial charge in [0.05, 0.1) is 6.54 Å². The van der Waals surface area contributed by atoms with Crippen molar-refractivity contribution in [3.05, 3.63) is 47.8 Å². The van der Waals surface area contributed by atoms with Crippen LogP contribution >= 0.6 is 0 Å². The smallest absolute Gasteiger partial charge is 0.268 e. The summed E-state index contributed by atoms with van der Waals surface area (Å²) in [7, 11) is -2.02. The lowest BCUT2D eigenvalue weighted by Gasteiger charge is -2.29. The highest BCUT2D eigenvalue weighted by Crippen LogP contribution is 2.27. The summed E-state index contributed by atoms with van der Waals surface area (Å²) in [6, 6.07) is 9.12. The number of carbonyl (C=O) groups excluding carboxylic acids is 2. The number of aromatic nitrogens is 1. The molecule has 2 aromatic rings. The van der Waals surface area contributed by atoms with E-state index in [9.17, 15) is 18.0 Å². The molecule has 4 rings (SSSR count). The lowest BCUT2D eigenvalue weighted by molar-refractivity contribution is -0.117. The molecule has 3 heterocycles. The van der Waals surface area contributed by atoms with Crippen molar-refractivity contribution in [2.24, 2.45) is 13.0 Å². The Morgan fingerprint density at radius 3 is 2.74 bits per heavy atom. The predicted molar refractivity (Wildman–Crippen MR) is 117 cm³/mol. The number of aryl methyl sites for hydroxylation is 1. The van der Waals surface area contributed by atoms with Gasteiger partial charge in [-0.3, -0.25) is 9.59 Å². The Morgan fingerprint density at radius 2 is 1.97 bits per heavy atom. The summed E-state index contributed by atoms with van der Waals surface area (Å²) >= 11 is 0. The second kappa shape index (κ2) is 8.47. The molecule has 0 spiro atoms. The summed E-state index contributed by atoms with van der Waals surface area (Å²) in [4.78, 5) is 27.1. The third kappa shape index (κ3) is 4.24. The molecule has 0 aliphatic carbocycles. The summed E-state index contributed by atoms with van der Waals surface area (Å²) in [5, 5.41) is 2.64. The van der Waals surface area contributed by atoms with Crippen LogP contribution in [0, 0.1) is 5.92 Å². The van der Waals surface area contributed by atoms with E-state index in [1.807, 2.05) is 31.2 Å². The molecule has 1 aromatic carbocycles. The van der Waals surface area contributed by atoms with Crippen LogP contribution in [0.2, 0.25) is 0 Å². The third-order valence-corrected chi connectivity index (χ3v) is 7.89. The topological polar surface area (TPSA) is 91.7 Å². The fourth-order valence-corrected chi connectivity index (χ4v) is 6.02. The zero-order valence-corrected chi connectivity index (χ0v) is 18.7. The van der Waals surface area contributed by atoms with Gasteiger partial charge in [0.25, 0.3) is 5.91 Å². The van der Waals surface area contributed by atoms with Crippen LogP contribution in [-0.4, -0.2) is 55.3 Å². The van der Waals surface area contributed by atoms with Gasteiger partial charge < -0.3 is 14.8 Å². The number of fused-ring (bicyclic) bond motifs is 1. The Labute approximate surface area is 182 Å². The van der Waals surface area contributed by atoms with E-state index in [4.69, 9.17) is 0 Å². The summed E-state index contributed by atoms with van der Waals surface area (Å²) in [5.41, 5.74) is 2.20. The molecule has 0 bridgehead atoms. The molecular weight excluding hydrogens is 416 g/mol. The van der Waals surface area contributed by atoms with E-state index in [1.165, 1.54) is 21.1 Å². The van der Waals surface area contributed by atoms with E-state index in [1.54, 1.807) is 11.9 Å². The Balaban J connectivity index is 1.43. The van der Waals surface area contributed by atoms with Gasteiger partial charge in [0.1, 0.15) is 10.6 Å². The number of anilines is 1.